The lowest BCUT2D eigenvalue weighted by molar-refractivity contribution is 0.203. The van der Waals surface area contributed by atoms with E-state index in [4.69, 9.17) is 23.2 Å². The Morgan fingerprint density at radius 2 is 1.44 bits per heavy atom. The first-order valence-corrected chi connectivity index (χ1v) is 8.86. The van der Waals surface area contributed by atoms with Crippen molar-refractivity contribution in [2.75, 3.05) is 24.8 Å². The predicted octanol–water partition coefficient (Wildman–Crippen LogP) is 4.43. The molecule has 0 heterocycles. The maximum Gasteiger partial charge on any atom is 0.340 e. The number of halogens is 2. The zero-order valence-corrected chi connectivity index (χ0v) is 15.3. The molecule has 0 fully saturated rings. The highest BCUT2D eigenvalue weighted by molar-refractivity contribution is 6.18. The lowest BCUT2D eigenvalue weighted by Gasteiger charge is -2.11. The summed E-state index contributed by atoms with van der Waals surface area (Å²) in [7, 11) is 0. The molecule has 1 N–H and O–H groups in total. The van der Waals surface area contributed by atoms with E-state index in [0.717, 1.165) is 6.42 Å². The van der Waals surface area contributed by atoms with Crippen molar-refractivity contribution in [3.8, 4) is 0 Å². The van der Waals surface area contributed by atoms with Crippen LogP contribution in [0.15, 0.2) is 65.9 Å². The molecule has 0 aliphatic carbocycles. The SMILES string of the molecule is O=NN(CCCl)C(=O)NCCCl.c1ccc(Cc2ccccc2)cc1. The van der Waals surface area contributed by atoms with Crippen LogP contribution in [0.25, 0.3) is 0 Å². The number of carbonyl (C=O) groups excluding carboxylic acids is 1. The van der Waals surface area contributed by atoms with Crippen LogP contribution in [-0.4, -0.2) is 35.9 Å². The third kappa shape index (κ3) is 9.08. The van der Waals surface area contributed by atoms with Crippen LogP contribution in [0.1, 0.15) is 11.1 Å². The third-order valence-corrected chi connectivity index (χ3v) is 3.45. The summed E-state index contributed by atoms with van der Waals surface area (Å²) >= 11 is 10.6. The molecule has 0 bridgehead atoms. The van der Waals surface area contributed by atoms with E-state index in [9.17, 15) is 9.70 Å². The van der Waals surface area contributed by atoms with Crippen LogP contribution in [0.3, 0.4) is 0 Å². The Kier molecular flexibility index (Phi) is 11.1. The van der Waals surface area contributed by atoms with Crippen LogP contribution in [-0.2, 0) is 6.42 Å². The number of alkyl halides is 2. The highest BCUT2D eigenvalue weighted by atomic mass is 35.5. The van der Waals surface area contributed by atoms with Crippen LogP contribution >= 0.6 is 23.2 Å². The summed E-state index contributed by atoms with van der Waals surface area (Å²) in [5, 5.41) is 5.55. The first kappa shape index (κ1) is 20.9. The number of nitrogens with zero attached hydrogens (tertiary/aromatic N) is 2. The van der Waals surface area contributed by atoms with Gasteiger partial charge in [0.05, 0.1) is 11.8 Å². The molecule has 0 aliphatic heterocycles. The Morgan fingerprint density at radius 3 is 1.84 bits per heavy atom. The van der Waals surface area contributed by atoms with Crippen molar-refractivity contribution < 1.29 is 4.79 Å². The van der Waals surface area contributed by atoms with Gasteiger partial charge in [-0.15, -0.1) is 28.1 Å². The number of hydrogen-bond donors (Lipinski definition) is 1. The monoisotopic (exact) mass is 381 g/mol. The van der Waals surface area contributed by atoms with Gasteiger partial charge in [0.1, 0.15) is 0 Å². The minimum Gasteiger partial charge on any atom is -0.335 e. The molecule has 0 unspecified atom stereocenters. The molecule has 2 aromatic rings. The zero-order chi connectivity index (χ0) is 18.3. The summed E-state index contributed by atoms with van der Waals surface area (Å²) in [6, 6.07) is 20.5. The first-order valence-electron chi connectivity index (χ1n) is 7.79. The average Bonchev–Trinajstić information content (AvgIpc) is 2.66. The molecule has 25 heavy (non-hydrogen) atoms. The molecule has 0 saturated heterocycles. The average molecular weight is 382 g/mol. The van der Waals surface area contributed by atoms with E-state index >= 15 is 0 Å². The van der Waals surface area contributed by atoms with Crippen molar-refractivity contribution in [2.24, 2.45) is 5.29 Å². The molecule has 2 aromatic carbocycles. The van der Waals surface area contributed by atoms with Gasteiger partial charge < -0.3 is 5.32 Å². The smallest absolute Gasteiger partial charge is 0.335 e. The van der Waals surface area contributed by atoms with Gasteiger partial charge in [0, 0.05) is 18.3 Å². The van der Waals surface area contributed by atoms with E-state index in [2.05, 4.69) is 71.3 Å². The fraction of sp³-hybridized carbons (Fsp3) is 0.278. The molecule has 0 spiro atoms. The van der Waals surface area contributed by atoms with Crippen LogP contribution in [0, 0.1) is 4.91 Å². The Hall–Kier alpha value is -2.11. The molecular weight excluding hydrogens is 361 g/mol. The third-order valence-electron chi connectivity index (χ3n) is 3.09. The van der Waals surface area contributed by atoms with Gasteiger partial charge >= 0.3 is 6.03 Å². The number of nitrogens with one attached hydrogen (secondary N) is 1. The number of nitroso groups, excluding NO2 is 1. The molecule has 134 valence electrons. The van der Waals surface area contributed by atoms with E-state index in [1.54, 1.807) is 0 Å². The van der Waals surface area contributed by atoms with Crippen LogP contribution in [0.5, 0.6) is 0 Å². The van der Waals surface area contributed by atoms with Gasteiger partial charge in [-0.2, -0.15) is 5.01 Å². The molecule has 0 saturated carbocycles. The summed E-state index contributed by atoms with van der Waals surface area (Å²) in [5.74, 6) is 0.458. The van der Waals surface area contributed by atoms with Gasteiger partial charge in [-0.3, -0.25) is 0 Å². The second kappa shape index (κ2) is 13.2. The lowest BCUT2D eigenvalue weighted by Crippen LogP contribution is -2.38. The predicted molar refractivity (Wildman–Crippen MR) is 103 cm³/mol. The van der Waals surface area contributed by atoms with Gasteiger partial charge in [0.2, 0.25) is 0 Å². The lowest BCUT2D eigenvalue weighted by atomic mass is 10.1. The number of urea groups is 1. The molecule has 7 heteroatoms. The summed E-state index contributed by atoms with van der Waals surface area (Å²) in [4.78, 5) is 20.9. The maximum atomic E-state index is 10.9. The summed E-state index contributed by atoms with van der Waals surface area (Å²) in [6.07, 6.45) is 1.03. The van der Waals surface area contributed by atoms with E-state index in [1.165, 1.54) is 11.1 Å². The van der Waals surface area contributed by atoms with Crippen LogP contribution in [0.4, 0.5) is 4.79 Å². The van der Waals surface area contributed by atoms with Gasteiger partial charge in [-0.1, -0.05) is 60.7 Å². The minimum absolute atomic E-state index is 0.0964. The fourth-order valence-corrected chi connectivity index (χ4v) is 2.19. The van der Waals surface area contributed by atoms with Crippen molar-refractivity contribution in [3.63, 3.8) is 0 Å². The van der Waals surface area contributed by atoms with E-state index < -0.39 is 6.03 Å². The Labute approximate surface area is 157 Å². The summed E-state index contributed by atoms with van der Waals surface area (Å²) in [6.45, 7) is 0.397. The molecule has 2 amide bonds. The second-order valence-electron chi connectivity index (χ2n) is 4.96. The molecule has 0 aromatic heterocycles. The van der Waals surface area contributed by atoms with Crippen LogP contribution in [0.2, 0.25) is 0 Å². The second-order valence-corrected chi connectivity index (χ2v) is 5.72. The van der Waals surface area contributed by atoms with Gasteiger partial charge in [0.15, 0.2) is 0 Å². The van der Waals surface area contributed by atoms with E-state index in [1.807, 2.05) is 0 Å². The standard InChI is InChI=1S/C13H12.C5H9Cl2N3O2/c1-3-7-12(8-4-1)11-13-9-5-2-6-10-13;6-1-3-8-5(11)10(9-12)4-2-7/h1-10H,11H2;1-4H2,(H,8,11). The molecule has 2 rings (SSSR count). The van der Waals surface area contributed by atoms with E-state index in [-0.39, 0.29) is 12.4 Å². The summed E-state index contributed by atoms with van der Waals surface area (Å²) in [5.41, 5.74) is 2.74. The first-order chi connectivity index (χ1) is 12.2. The maximum absolute atomic E-state index is 10.9. The van der Waals surface area contributed by atoms with Crippen molar-refractivity contribution in [1.82, 2.24) is 10.3 Å². The van der Waals surface area contributed by atoms with Crippen molar-refractivity contribution in [3.05, 3.63) is 76.7 Å². The van der Waals surface area contributed by atoms with Gasteiger partial charge in [0.25, 0.3) is 0 Å². The molecule has 0 radical (unpaired) electrons. The Balaban J connectivity index is 0.000000252. The van der Waals surface area contributed by atoms with Crippen LogP contribution < -0.4 is 5.32 Å². The topological polar surface area (TPSA) is 61.8 Å². The van der Waals surface area contributed by atoms with Crippen molar-refractivity contribution in [2.45, 2.75) is 6.42 Å². The van der Waals surface area contributed by atoms with E-state index in [0.29, 0.717) is 17.4 Å². The zero-order valence-electron chi connectivity index (χ0n) is 13.8. The van der Waals surface area contributed by atoms with Gasteiger partial charge in [-0.05, 0) is 17.5 Å². The quantitative estimate of drug-likeness (QED) is 0.437. The molecule has 5 nitrogen and oxygen atoms in total. The number of amides is 2. The van der Waals surface area contributed by atoms with Gasteiger partial charge in [-0.25, -0.2) is 4.79 Å². The Bertz CT molecular complexity index is 575. The normalized spacial score (nSPS) is 9.52. The number of hydrogen-bond acceptors (Lipinski definition) is 3. The number of rotatable bonds is 7. The highest BCUT2D eigenvalue weighted by Crippen LogP contribution is 2.07. The highest BCUT2D eigenvalue weighted by Gasteiger charge is 2.11. The number of carbonyl (C=O) groups is 1. The number of benzene rings is 2. The molecular formula is C18H21Cl2N3O2. The minimum atomic E-state index is -0.578. The largest absolute Gasteiger partial charge is 0.340 e. The fourth-order valence-electron chi connectivity index (χ4n) is 1.93. The summed E-state index contributed by atoms with van der Waals surface area (Å²) < 4.78 is 0. The Morgan fingerprint density at radius 1 is 0.920 bits per heavy atom. The van der Waals surface area contributed by atoms with Crippen molar-refractivity contribution in [1.29, 1.82) is 0 Å². The molecule has 0 atom stereocenters. The van der Waals surface area contributed by atoms with Crippen molar-refractivity contribution >= 4 is 29.2 Å². The molecule has 0 aliphatic rings.